The molecule has 1 aliphatic carbocycles. The maximum atomic E-state index is 11.9. The maximum absolute atomic E-state index is 11.9. The highest BCUT2D eigenvalue weighted by atomic mass is 19.4. The lowest BCUT2D eigenvalue weighted by atomic mass is 9.69. The van der Waals surface area contributed by atoms with Crippen molar-refractivity contribution < 1.29 is 12.9 Å². The lowest BCUT2D eigenvalue weighted by Gasteiger charge is -2.23. The Kier molecular flexibility index (Phi) is 1.27. The van der Waals surface area contributed by atoms with Gasteiger partial charge in [0.25, 0.3) is 0 Å². The number of hydrogen-bond donors (Lipinski definition) is 1. The van der Waals surface area contributed by atoms with Gasteiger partial charge in [-0.15, -0.1) is 0 Å². The molecule has 54 valence electrons. The van der Waals surface area contributed by atoms with Gasteiger partial charge in [0.2, 0.25) is 0 Å². The van der Waals surface area contributed by atoms with Crippen LogP contribution in [-0.4, -0.2) is 13.5 Å². The minimum atomic E-state index is -4.67. The summed E-state index contributed by atoms with van der Waals surface area (Å²) in [6.45, 7) is -4.89. The van der Waals surface area contributed by atoms with Crippen LogP contribution >= 0.6 is 0 Å². The Morgan fingerprint density at radius 1 is 1.33 bits per heavy atom. The van der Waals surface area contributed by atoms with Crippen LogP contribution in [0.4, 0.5) is 12.9 Å². The van der Waals surface area contributed by atoms with E-state index in [1.165, 1.54) is 0 Å². The zero-order chi connectivity index (χ0) is 7.12. The summed E-state index contributed by atoms with van der Waals surface area (Å²) in [6.07, 6.45) is 0.486. The predicted molar refractivity (Wildman–Crippen MR) is 30.1 cm³/mol. The zero-order valence-electron chi connectivity index (χ0n) is 4.91. The Hall–Kier alpha value is -0.185. The Labute approximate surface area is 51.5 Å². The average Bonchev–Trinajstić information content (AvgIpc) is 2.40. The molecule has 0 aromatic rings. The average molecular weight is 138 g/mol. The second-order valence-corrected chi connectivity index (χ2v) is 2.64. The molecule has 1 aliphatic rings. The third kappa shape index (κ3) is 0.935. The van der Waals surface area contributed by atoms with Crippen molar-refractivity contribution in [2.45, 2.75) is 18.2 Å². The standard InChI is InChI=1S/C4H8BF3N/c6-5(7,8)4(3-9)1-2-4/h1-3,9H2/q-1. The van der Waals surface area contributed by atoms with Crippen molar-refractivity contribution in [3.8, 4) is 0 Å². The molecule has 0 bridgehead atoms. The van der Waals surface area contributed by atoms with E-state index in [9.17, 15) is 12.9 Å². The van der Waals surface area contributed by atoms with Gasteiger partial charge in [0, 0.05) is 0 Å². The van der Waals surface area contributed by atoms with Crippen molar-refractivity contribution in [3.63, 3.8) is 0 Å². The summed E-state index contributed by atoms with van der Waals surface area (Å²) in [5.41, 5.74) is 4.95. The van der Waals surface area contributed by atoms with Crippen LogP contribution in [0.2, 0.25) is 5.31 Å². The Morgan fingerprint density at radius 3 is 1.78 bits per heavy atom. The molecule has 0 unspecified atom stereocenters. The molecule has 9 heavy (non-hydrogen) atoms. The summed E-state index contributed by atoms with van der Waals surface area (Å²) in [5.74, 6) is 0. The first-order valence-corrected chi connectivity index (χ1v) is 2.91. The first kappa shape index (κ1) is 6.93. The van der Waals surface area contributed by atoms with Crippen molar-refractivity contribution in [3.05, 3.63) is 0 Å². The van der Waals surface area contributed by atoms with Gasteiger partial charge < -0.3 is 18.7 Å². The highest BCUT2D eigenvalue weighted by Gasteiger charge is 2.56. The number of rotatable bonds is 2. The van der Waals surface area contributed by atoms with E-state index in [1.807, 2.05) is 0 Å². The topological polar surface area (TPSA) is 26.0 Å². The van der Waals surface area contributed by atoms with Gasteiger partial charge in [-0.05, 0) is 11.9 Å². The maximum Gasteiger partial charge on any atom is 0.485 e. The molecule has 5 heteroatoms. The molecular formula is C4H8BF3N-. The van der Waals surface area contributed by atoms with Crippen LogP contribution in [-0.2, 0) is 0 Å². The van der Waals surface area contributed by atoms with Gasteiger partial charge in [0.05, 0.1) is 0 Å². The van der Waals surface area contributed by atoms with Gasteiger partial charge >= 0.3 is 6.98 Å². The minimum Gasteiger partial charge on any atom is -0.448 e. The van der Waals surface area contributed by atoms with Crippen molar-refractivity contribution in [2.75, 3.05) is 6.54 Å². The summed E-state index contributed by atoms with van der Waals surface area (Å²) in [6, 6.07) is 0. The largest absolute Gasteiger partial charge is 0.485 e. The molecule has 1 rings (SSSR count). The molecule has 0 heterocycles. The van der Waals surface area contributed by atoms with E-state index in [1.54, 1.807) is 0 Å². The Balaban J connectivity index is 2.60. The molecule has 1 nitrogen and oxygen atoms in total. The van der Waals surface area contributed by atoms with Crippen LogP contribution < -0.4 is 5.73 Å². The lowest BCUT2D eigenvalue weighted by molar-refractivity contribution is 0.426. The van der Waals surface area contributed by atoms with E-state index < -0.39 is 12.3 Å². The monoisotopic (exact) mass is 138 g/mol. The fourth-order valence-electron chi connectivity index (χ4n) is 0.826. The molecular weight excluding hydrogens is 130 g/mol. The van der Waals surface area contributed by atoms with Crippen molar-refractivity contribution in [1.82, 2.24) is 0 Å². The van der Waals surface area contributed by atoms with E-state index in [0.717, 1.165) is 0 Å². The molecule has 0 aromatic carbocycles. The van der Waals surface area contributed by atoms with Gasteiger partial charge in [-0.3, -0.25) is 0 Å². The van der Waals surface area contributed by atoms with Crippen LogP contribution in [0.15, 0.2) is 0 Å². The quantitative estimate of drug-likeness (QED) is 0.572. The summed E-state index contributed by atoms with van der Waals surface area (Å²) in [5, 5.41) is -1.43. The van der Waals surface area contributed by atoms with Gasteiger partial charge in [0.1, 0.15) is 0 Å². The SMILES string of the molecule is NCC1([B-](F)(F)F)CC1. The van der Waals surface area contributed by atoms with Gasteiger partial charge in [-0.2, -0.15) is 0 Å². The normalized spacial score (nSPS) is 24.0. The molecule has 0 aliphatic heterocycles. The molecule has 1 fully saturated rings. The molecule has 0 saturated heterocycles. The van der Waals surface area contributed by atoms with E-state index in [0.29, 0.717) is 0 Å². The molecule has 0 amide bonds. The van der Waals surface area contributed by atoms with Crippen LogP contribution in [0.5, 0.6) is 0 Å². The minimum absolute atomic E-state index is 0.226. The van der Waals surface area contributed by atoms with Gasteiger partial charge in [-0.1, -0.05) is 12.8 Å². The van der Waals surface area contributed by atoms with E-state index >= 15 is 0 Å². The predicted octanol–water partition coefficient (Wildman–Crippen LogP) is 1.33. The van der Waals surface area contributed by atoms with Crippen molar-refractivity contribution >= 4 is 6.98 Å². The molecule has 0 atom stereocenters. The van der Waals surface area contributed by atoms with Crippen molar-refractivity contribution in [1.29, 1.82) is 0 Å². The van der Waals surface area contributed by atoms with Crippen molar-refractivity contribution in [2.24, 2.45) is 5.73 Å². The van der Waals surface area contributed by atoms with Crippen LogP contribution in [0.1, 0.15) is 12.8 Å². The summed E-state index contributed by atoms with van der Waals surface area (Å²) in [4.78, 5) is 0. The van der Waals surface area contributed by atoms with Crippen LogP contribution in [0.3, 0.4) is 0 Å². The Bertz CT molecular complexity index is 117. The molecule has 2 N–H and O–H groups in total. The van der Waals surface area contributed by atoms with Gasteiger partial charge in [0.15, 0.2) is 0 Å². The lowest BCUT2D eigenvalue weighted by Crippen LogP contribution is -2.31. The van der Waals surface area contributed by atoms with Gasteiger partial charge in [-0.25, -0.2) is 0 Å². The second kappa shape index (κ2) is 1.65. The number of nitrogens with two attached hydrogens (primary N) is 1. The third-order valence-electron chi connectivity index (χ3n) is 1.99. The fraction of sp³-hybridized carbons (Fsp3) is 1.00. The molecule has 1 saturated carbocycles. The number of halogens is 3. The first-order valence-electron chi connectivity index (χ1n) is 2.91. The van der Waals surface area contributed by atoms with Crippen LogP contribution in [0, 0.1) is 0 Å². The van der Waals surface area contributed by atoms with E-state index in [4.69, 9.17) is 5.73 Å². The molecule has 0 spiro atoms. The van der Waals surface area contributed by atoms with E-state index in [2.05, 4.69) is 0 Å². The summed E-state index contributed by atoms with van der Waals surface area (Å²) >= 11 is 0. The summed E-state index contributed by atoms with van der Waals surface area (Å²) < 4.78 is 35.6. The number of hydrogen-bond acceptors (Lipinski definition) is 1. The molecule has 0 aromatic heterocycles. The second-order valence-electron chi connectivity index (χ2n) is 2.64. The zero-order valence-corrected chi connectivity index (χ0v) is 4.91. The molecule has 0 radical (unpaired) electrons. The highest BCUT2D eigenvalue weighted by Crippen LogP contribution is 2.61. The first-order chi connectivity index (χ1) is 4.02. The smallest absolute Gasteiger partial charge is 0.448 e. The third-order valence-corrected chi connectivity index (χ3v) is 1.99. The summed E-state index contributed by atoms with van der Waals surface area (Å²) in [7, 11) is 0. The van der Waals surface area contributed by atoms with E-state index in [-0.39, 0.29) is 19.4 Å². The fourth-order valence-corrected chi connectivity index (χ4v) is 0.826. The Morgan fingerprint density at radius 2 is 1.78 bits per heavy atom. The highest BCUT2D eigenvalue weighted by molar-refractivity contribution is 6.63. The van der Waals surface area contributed by atoms with Crippen LogP contribution in [0.25, 0.3) is 0 Å².